The lowest BCUT2D eigenvalue weighted by Crippen LogP contribution is -2.29. The summed E-state index contributed by atoms with van der Waals surface area (Å²) in [5, 5.41) is 0. The number of alkyl halides is 3. The summed E-state index contributed by atoms with van der Waals surface area (Å²) < 4.78 is 66.6. The molecule has 0 spiro atoms. The van der Waals surface area contributed by atoms with Crippen LogP contribution in [0.2, 0.25) is 0 Å². The average Bonchev–Trinajstić information content (AvgIpc) is 2.31. The second kappa shape index (κ2) is 6.95. The van der Waals surface area contributed by atoms with Crippen molar-refractivity contribution in [1.29, 1.82) is 0 Å². The van der Waals surface area contributed by atoms with Crippen LogP contribution in [-0.4, -0.2) is 34.4 Å². The SMILES string of the molecule is Cc1c(N)cc(Br)cc1S(=O)(=O)NCCOCC(F)(F)F. The van der Waals surface area contributed by atoms with E-state index < -0.39 is 22.8 Å². The van der Waals surface area contributed by atoms with E-state index in [1.54, 1.807) is 6.07 Å². The van der Waals surface area contributed by atoms with Crippen LogP contribution < -0.4 is 10.5 Å². The Balaban J connectivity index is 2.67. The molecule has 3 N–H and O–H groups in total. The highest BCUT2D eigenvalue weighted by molar-refractivity contribution is 9.10. The molecule has 0 heterocycles. The van der Waals surface area contributed by atoms with Gasteiger partial charge in [0.1, 0.15) is 6.61 Å². The molecule has 0 saturated heterocycles. The fourth-order valence-corrected chi connectivity index (χ4v) is 3.40. The summed E-state index contributed by atoms with van der Waals surface area (Å²) in [6.45, 7) is -0.542. The number of ether oxygens (including phenoxy) is 1. The van der Waals surface area contributed by atoms with E-state index in [4.69, 9.17) is 5.73 Å². The van der Waals surface area contributed by atoms with Gasteiger partial charge in [0.15, 0.2) is 0 Å². The largest absolute Gasteiger partial charge is 0.411 e. The lowest BCUT2D eigenvalue weighted by atomic mass is 10.2. The molecule has 0 bridgehead atoms. The number of rotatable bonds is 6. The molecule has 1 aromatic rings. The van der Waals surface area contributed by atoms with Gasteiger partial charge in [0.25, 0.3) is 0 Å². The van der Waals surface area contributed by atoms with Crippen molar-refractivity contribution in [3.63, 3.8) is 0 Å². The van der Waals surface area contributed by atoms with Crippen LogP contribution in [0.5, 0.6) is 0 Å². The van der Waals surface area contributed by atoms with Crippen LogP contribution in [0.25, 0.3) is 0 Å². The van der Waals surface area contributed by atoms with E-state index in [1.165, 1.54) is 13.0 Å². The highest BCUT2D eigenvalue weighted by Gasteiger charge is 2.27. The van der Waals surface area contributed by atoms with Crippen molar-refractivity contribution in [1.82, 2.24) is 4.72 Å². The molecule has 21 heavy (non-hydrogen) atoms. The quantitative estimate of drug-likeness (QED) is 0.576. The van der Waals surface area contributed by atoms with Gasteiger partial charge in [-0.25, -0.2) is 13.1 Å². The van der Waals surface area contributed by atoms with Crippen molar-refractivity contribution in [3.8, 4) is 0 Å². The van der Waals surface area contributed by atoms with Gasteiger partial charge in [-0.3, -0.25) is 0 Å². The average molecular weight is 391 g/mol. The number of nitrogens with one attached hydrogen (secondary N) is 1. The Kier molecular flexibility index (Phi) is 6.02. The highest BCUT2D eigenvalue weighted by atomic mass is 79.9. The van der Waals surface area contributed by atoms with Gasteiger partial charge in [-0.1, -0.05) is 15.9 Å². The fourth-order valence-electron chi connectivity index (χ4n) is 1.47. The third-order valence-corrected chi connectivity index (χ3v) is 4.50. The topological polar surface area (TPSA) is 81.4 Å². The van der Waals surface area contributed by atoms with Gasteiger partial charge in [0.2, 0.25) is 10.0 Å². The molecule has 0 amide bonds. The monoisotopic (exact) mass is 390 g/mol. The molecular formula is C11H14BrF3N2O3S. The smallest absolute Gasteiger partial charge is 0.398 e. The molecule has 10 heteroatoms. The fraction of sp³-hybridized carbons (Fsp3) is 0.455. The number of nitrogens with two attached hydrogens (primary N) is 1. The predicted molar refractivity (Wildman–Crippen MR) is 75.4 cm³/mol. The van der Waals surface area contributed by atoms with Gasteiger partial charge in [-0.2, -0.15) is 13.2 Å². The maximum atomic E-state index is 12.1. The molecule has 0 radical (unpaired) electrons. The first kappa shape index (κ1) is 18.2. The molecule has 5 nitrogen and oxygen atoms in total. The van der Waals surface area contributed by atoms with Crippen LogP contribution in [0, 0.1) is 6.92 Å². The second-order valence-electron chi connectivity index (χ2n) is 4.18. The van der Waals surface area contributed by atoms with E-state index in [1.807, 2.05) is 0 Å². The molecule has 0 aliphatic heterocycles. The van der Waals surface area contributed by atoms with E-state index in [0.29, 0.717) is 10.0 Å². The Morgan fingerprint density at radius 1 is 1.38 bits per heavy atom. The van der Waals surface area contributed by atoms with E-state index >= 15 is 0 Å². The maximum Gasteiger partial charge on any atom is 0.411 e. The number of halogens is 4. The second-order valence-corrected chi connectivity index (χ2v) is 6.83. The summed E-state index contributed by atoms with van der Waals surface area (Å²) in [6.07, 6.45) is -4.44. The number of nitrogen functional groups attached to an aromatic ring is 1. The van der Waals surface area contributed by atoms with E-state index in [2.05, 4.69) is 25.4 Å². The molecule has 0 saturated carbocycles. The third-order valence-electron chi connectivity index (χ3n) is 2.46. The molecule has 0 aliphatic carbocycles. The predicted octanol–water partition coefficient (Wildman–Crippen LogP) is 2.20. The van der Waals surface area contributed by atoms with Gasteiger partial charge in [0.05, 0.1) is 11.5 Å². The van der Waals surface area contributed by atoms with Crippen molar-refractivity contribution in [2.24, 2.45) is 0 Å². The molecule has 120 valence electrons. The molecule has 0 aliphatic rings. The molecule has 0 atom stereocenters. The minimum Gasteiger partial charge on any atom is -0.398 e. The van der Waals surface area contributed by atoms with Gasteiger partial charge in [0, 0.05) is 16.7 Å². The van der Waals surface area contributed by atoms with Crippen molar-refractivity contribution >= 4 is 31.6 Å². The summed E-state index contributed by atoms with van der Waals surface area (Å²) in [4.78, 5) is -0.0369. The van der Waals surface area contributed by atoms with Gasteiger partial charge >= 0.3 is 6.18 Å². The Morgan fingerprint density at radius 2 is 2.00 bits per heavy atom. The van der Waals surface area contributed by atoms with E-state index in [-0.39, 0.29) is 23.7 Å². The summed E-state index contributed by atoms with van der Waals surface area (Å²) >= 11 is 3.13. The number of benzene rings is 1. The van der Waals surface area contributed by atoms with Crippen LogP contribution in [-0.2, 0) is 14.8 Å². The first-order valence-electron chi connectivity index (χ1n) is 5.73. The van der Waals surface area contributed by atoms with Crippen molar-refractivity contribution in [2.45, 2.75) is 18.0 Å². The van der Waals surface area contributed by atoms with E-state index in [0.717, 1.165) is 0 Å². The molecule has 0 unspecified atom stereocenters. The lowest BCUT2D eigenvalue weighted by molar-refractivity contribution is -0.173. The number of sulfonamides is 1. The van der Waals surface area contributed by atoms with Crippen molar-refractivity contribution in [3.05, 3.63) is 22.2 Å². The standard InChI is InChI=1S/C11H14BrF3N2O3S/c1-7-9(16)4-8(12)5-10(7)21(18,19)17-2-3-20-6-11(13,14)15/h4-5,17H,2-3,6,16H2,1H3. The third kappa shape index (κ3) is 5.81. The van der Waals surface area contributed by atoms with Crippen LogP contribution in [0.3, 0.4) is 0 Å². The Hall–Kier alpha value is -0.840. The zero-order valence-electron chi connectivity index (χ0n) is 11.0. The minimum absolute atomic E-state index is 0.0369. The molecule has 1 rings (SSSR count). The molecule has 0 fully saturated rings. The van der Waals surface area contributed by atoms with Crippen LogP contribution in [0.4, 0.5) is 18.9 Å². The van der Waals surface area contributed by atoms with Crippen molar-refractivity contribution in [2.75, 3.05) is 25.5 Å². The first-order chi connectivity index (χ1) is 9.53. The summed E-state index contributed by atoms with van der Waals surface area (Å²) in [5.74, 6) is 0. The molecule has 1 aromatic carbocycles. The van der Waals surface area contributed by atoms with Crippen LogP contribution in [0.1, 0.15) is 5.56 Å². The summed E-state index contributed by atoms with van der Waals surface area (Å²) in [6, 6.07) is 2.92. The van der Waals surface area contributed by atoms with Crippen LogP contribution in [0.15, 0.2) is 21.5 Å². The van der Waals surface area contributed by atoms with Gasteiger partial charge < -0.3 is 10.5 Å². The number of anilines is 1. The Bertz CT molecular complexity index is 605. The van der Waals surface area contributed by atoms with Crippen molar-refractivity contribution < 1.29 is 26.3 Å². The summed E-state index contributed by atoms with van der Waals surface area (Å²) in [7, 11) is -3.87. The first-order valence-corrected chi connectivity index (χ1v) is 8.00. The zero-order chi connectivity index (χ0) is 16.3. The van der Waals surface area contributed by atoms with Gasteiger partial charge in [-0.15, -0.1) is 0 Å². The number of hydrogen-bond acceptors (Lipinski definition) is 4. The Morgan fingerprint density at radius 3 is 2.57 bits per heavy atom. The molecular weight excluding hydrogens is 377 g/mol. The Labute approximate surface area is 128 Å². The van der Waals surface area contributed by atoms with Gasteiger partial charge in [-0.05, 0) is 24.6 Å². The number of hydrogen-bond donors (Lipinski definition) is 2. The normalized spacial score (nSPS) is 12.6. The maximum absolute atomic E-state index is 12.1. The highest BCUT2D eigenvalue weighted by Crippen LogP contribution is 2.26. The van der Waals surface area contributed by atoms with E-state index in [9.17, 15) is 21.6 Å². The zero-order valence-corrected chi connectivity index (χ0v) is 13.4. The van der Waals surface area contributed by atoms with Crippen LogP contribution >= 0.6 is 15.9 Å². The summed E-state index contributed by atoms with van der Waals surface area (Å²) in [5.41, 5.74) is 6.32. The lowest BCUT2D eigenvalue weighted by Gasteiger charge is -2.12. The minimum atomic E-state index is -4.44. The molecule has 0 aromatic heterocycles.